The number of hydrogen-bond donors (Lipinski definition) is 1. The lowest BCUT2D eigenvalue weighted by atomic mass is 10.1. The molecule has 10 heteroatoms. The molecule has 0 unspecified atom stereocenters. The van der Waals surface area contributed by atoms with Crippen LogP contribution in [0.25, 0.3) is 0 Å². The van der Waals surface area contributed by atoms with E-state index in [1.165, 1.54) is 11.3 Å². The Balaban J connectivity index is 1.65. The molecule has 0 aliphatic heterocycles. The first-order chi connectivity index (χ1) is 17.5. The molecule has 1 aromatic heterocycles. The van der Waals surface area contributed by atoms with Crippen molar-refractivity contribution in [3.8, 4) is 28.7 Å². The molecule has 0 saturated heterocycles. The van der Waals surface area contributed by atoms with Crippen molar-refractivity contribution in [2.45, 2.75) is 32.3 Å². The maximum Gasteiger partial charge on any atom is 0.257 e. The molecule has 1 heterocycles. The molecule has 0 atom stereocenters. The number of thiazole rings is 1. The highest BCUT2D eigenvalue weighted by Crippen LogP contribution is 2.39. The first-order valence-corrected chi connectivity index (χ1v) is 13.7. The summed E-state index contributed by atoms with van der Waals surface area (Å²) >= 11 is 3.11. The summed E-state index contributed by atoms with van der Waals surface area (Å²) in [6.07, 6.45) is 0. The molecule has 194 valence electrons. The van der Waals surface area contributed by atoms with Crippen molar-refractivity contribution in [2.75, 3.05) is 39.4 Å². The van der Waals surface area contributed by atoms with Crippen LogP contribution in [-0.4, -0.2) is 44.9 Å². The van der Waals surface area contributed by atoms with Crippen LogP contribution >= 0.6 is 23.1 Å². The van der Waals surface area contributed by atoms with Gasteiger partial charge in [-0.15, -0.1) is 11.3 Å². The molecule has 1 N–H and O–H groups in total. The van der Waals surface area contributed by atoms with Crippen molar-refractivity contribution in [3.05, 3.63) is 52.5 Å². The van der Waals surface area contributed by atoms with E-state index in [9.17, 15) is 4.79 Å². The van der Waals surface area contributed by atoms with E-state index in [0.717, 1.165) is 28.5 Å². The molecule has 0 saturated carbocycles. The summed E-state index contributed by atoms with van der Waals surface area (Å²) in [7, 11) is 3.28. The van der Waals surface area contributed by atoms with Crippen LogP contribution in [0.4, 0.5) is 5.13 Å². The van der Waals surface area contributed by atoms with E-state index in [1.54, 1.807) is 38.1 Å². The van der Waals surface area contributed by atoms with Crippen LogP contribution in [-0.2, 0) is 11.5 Å². The second-order valence-electron chi connectivity index (χ2n) is 7.41. The highest BCUT2D eigenvalue weighted by molar-refractivity contribution is 7.97. The van der Waals surface area contributed by atoms with E-state index in [2.05, 4.69) is 10.3 Å². The Morgan fingerprint density at radius 1 is 0.889 bits per heavy atom. The third-order valence-corrected chi connectivity index (χ3v) is 6.72. The number of thioether (sulfide) groups is 1. The Morgan fingerprint density at radius 2 is 1.50 bits per heavy atom. The molecule has 2 aromatic carbocycles. The van der Waals surface area contributed by atoms with Crippen LogP contribution in [0, 0.1) is 0 Å². The predicted molar refractivity (Wildman–Crippen MR) is 145 cm³/mol. The predicted octanol–water partition coefficient (Wildman–Crippen LogP) is 6.04. The lowest BCUT2D eigenvalue weighted by Gasteiger charge is -2.16. The fourth-order valence-corrected chi connectivity index (χ4v) is 5.02. The smallest absolute Gasteiger partial charge is 0.257 e. The molecule has 0 aliphatic carbocycles. The summed E-state index contributed by atoms with van der Waals surface area (Å²) in [5.74, 6) is 4.16. The number of carbonyl (C=O) groups is 1. The molecule has 3 rings (SSSR count). The summed E-state index contributed by atoms with van der Waals surface area (Å²) in [5, 5.41) is 5.36. The van der Waals surface area contributed by atoms with Crippen molar-refractivity contribution < 1.29 is 28.5 Å². The van der Waals surface area contributed by atoms with Gasteiger partial charge < -0.3 is 23.7 Å². The molecule has 8 nitrogen and oxygen atoms in total. The minimum Gasteiger partial charge on any atom is -0.497 e. The third-order valence-electron chi connectivity index (χ3n) is 4.87. The summed E-state index contributed by atoms with van der Waals surface area (Å²) in [6, 6.07) is 9.17. The highest BCUT2D eigenvalue weighted by Gasteiger charge is 2.19. The van der Waals surface area contributed by atoms with Crippen molar-refractivity contribution >= 4 is 34.1 Å². The number of hydrogen-bond acceptors (Lipinski definition) is 9. The van der Waals surface area contributed by atoms with Gasteiger partial charge in [0.15, 0.2) is 16.6 Å². The van der Waals surface area contributed by atoms with Crippen LogP contribution < -0.4 is 29.0 Å². The highest BCUT2D eigenvalue weighted by atomic mass is 32.2. The Bertz CT molecular complexity index is 1100. The van der Waals surface area contributed by atoms with E-state index < -0.39 is 0 Å². The number of anilines is 1. The van der Waals surface area contributed by atoms with Crippen molar-refractivity contribution in [1.82, 2.24) is 4.98 Å². The molecule has 0 radical (unpaired) electrons. The Morgan fingerprint density at radius 3 is 2.06 bits per heavy atom. The quantitative estimate of drug-likeness (QED) is 0.269. The lowest BCUT2D eigenvalue weighted by molar-refractivity contribution is 0.102. The number of rotatable bonds is 14. The SMILES string of the molecule is CCOc1cc(C(=O)Nc2nc(CSCc3cc(OC)cc(OC)c3)cs2)cc(OCC)c1OCC. The average molecular weight is 533 g/mol. The molecular weight excluding hydrogens is 500 g/mol. The van der Waals surface area contributed by atoms with Gasteiger partial charge in [0.2, 0.25) is 5.75 Å². The number of ether oxygens (including phenoxy) is 5. The van der Waals surface area contributed by atoms with Gasteiger partial charge in [0.05, 0.1) is 39.7 Å². The van der Waals surface area contributed by atoms with Gasteiger partial charge in [-0.2, -0.15) is 11.8 Å². The number of aromatic nitrogens is 1. The fourth-order valence-electron chi connectivity index (χ4n) is 3.34. The average Bonchev–Trinajstić information content (AvgIpc) is 3.32. The number of carbonyl (C=O) groups excluding carboxylic acids is 1. The number of nitrogens with one attached hydrogen (secondary N) is 1. The van der Waals surface area contributed by atoms with Crippen LogP contribution in [0.15, 0.2) is 35.7 Å². The summed E-state index contributed by atoms with van der Waals surface area (Å²) in [4.78, 5) is 17.6. The van der Waals surface area contributed by atoms with Crippen molar-refractivity contribution in [1.29, 1.82) is 0 Å². The molecule has 3 aromatic rings. The molecule has 0 fully saturated rings. The molecular formula is C26H32N2O6S2. The maximum atomic E-state index is 13.0. The summed E-state index contributed by atoms with van der Waals surface area (Å²) in [6.45, 7) is 6.97. The lowest BCUT2D eigenvalue weighted by Crippen LogP contribution is -2.13. The van der Waals surface area contributed by atoms with Gasteiger partial charge in [-0.3, -0.25) is 10.1 Å². The van der Waals surface area contributed by atoms with E-state index in [0.29, 0.717) is 53.5 Å². The second kappa shape index (κ2) is 13.8. The fraction of sp³-hybridized carbons (Fsp3) is 0.385. The Kier molecular flexibility index (Phi) is 10.6. The second-order valence-corrected chi connectivity index (χ2v) is 9.26. The van der Waals surface area contributed by atoms with Crippen LogP contribution in [0.3, 0.4) is 0 Å². The zero-order valence-corrected chi connectivity index (χ0v) is 22.8. The number of nitrogens with zero attached hydrogens (tertiary/aromatic N) is 1. The first-order valence-electron chi connectivity index (χ1n) is 11.6. The Labute approximate surface area is 220 Å². The zero-order valence-electron chi connectivity index (χ0n) is 21.2. The molecule has 1 amide bonds. The molecule has 0 aliphatic rings. The van der Waals surface area contributed by atoms with Gasteiger partial charge in [0.1, 0.15) is 11.5 Å². The molecule has 36 heavy (non-hydrogen) atoms. The monoisotopic (exact) mass is 532 g/mol. The van der Waals surface area contributed by atoms with Gasteiger partial charge in [-0.05, 0) is 50.6 Å². The molecule has 0 spiro atoms. The van der Waals surface area contributed by atoms with Gasteiger partial charge in [-0.25, -0.2) is 4.98 Å². The topological polar surface area (TPSA) is 88.1 Å². The number of methoxy groups -OCH3 is 2. The normalized spacial score (nSPS) is 10.6. The standard InChI is InChI=1S/C26H32N2O6S2/c1-6-32-22-11-18(12-23(33-7-2)24(22)34-8-3)25(29)28-26-27-19(16-36-26)15-35-14-17-9-20(30-4)13-21(10-17)31-5/h9-13,16H,6-8,14-15H2,1-5H3,(H,27,28,29). The summed E-state index contributed by atoms with van der Waals surface area (Å²) < 4.78 is 27.8. The van der Waals surface area contributed by atoms with Gasteiger partial charge in [0, 0.05) is 28.5 Å². The van der Waals surface area contributed by atoms with Crippen LogP contribution in [0.1, 0.15) is 42.4 Å². The van der Waals surface area contributed by atoms with E-state index >= 15 is 0 Å². The minimum absolute atomic E-state index is 0.294. The van der Waals surface area contributed by atoms with Crippen LogP contribution in [0.5, 0.6) is 28.7 Å². The van der Waals surface area contributed by atoms with E-state index in [-0.39, 0.29) is 5.91 Å². The van der Waals surface area contributed by atoms with Crippen molar-refractivity contribution in [2.24, 2.45) is 0 Å². The third kappa shape index (κ3) is 7.44. The molecule has 0 bridgehead atoms. The first kappa shape index (κ1) is 27.5. The van der Waals surface area contributed by atoms with E-state index in [1.807, 2.05) is 44.4 Å². The zero-order chi connectivity index (χ0) is 25.9. The van der Waals surface area contributed by atoms with E-state index in [4.69, 9.17) is 23.7 Å². The Hall–Kier alpha value is -3.11. The number of amides is 1. The van der Waals surface area contributed by atoms with Gasteiger partial charge >= 0.3 is 0 Å². The van der Waals surface area contributed by atoms with Gasteiger partial charge in [-0.1, -0.05) is 0 Å². The minimum atomic E-state index is -0.294. The maximum absolute atomic E-state index is 13.0. The number of benzene rings is 2. The largest absolute Gasteiger partial charge is 0.497 e. The van der Waals surface area contributed by atoms with Crippen molar-refractivity contribution in [3.63, 3.8) is 0 Å². The summed E-state index contributed by atoms with van der Waals surface area (Å²) in [5.41, 5.74) is 2.40. The van der Waals surface area contributed by atoms with Crippen LogP contribution in [0.2, 0.25) is 0 Å². The van der Waals surface area contributed by atoms with Gasteiger partial charge in [0.25, 0.3) is 5.91 Å².